The second-order valence-electron chi connectivity index (χ2n) is 8.39. The molecule has 2 aliphatic heterocycles. The smallest absolute Gasteiger partial charge is 0.240 e. The first kappa shape index (κ1) is 20.6. The molecule has 1 aromatic carbocycles. The zero-order chi connectivity index (χ0) is 22.1. The number of thiophene rings is 1. The van der Waals surface area contributed by atoms with Gasteiger partial charge >= 0.3 is 0 Å². The summed E-state index contributed by atoms with van der Waals surface area (Å²) >= 11 is 1.72. The lowest BCUT2D eigenvalue weighted by atomic mass is 9.75. The average molecular weight is 449 g/mol. The van der Waals surface area contributed by atoms with E-state index in [-0.39, 0.29) is 37.1 Å². The molecule has 7 nitrogen and oxygen atoms in total. The molecular formula is C24H24N4O3S. The first-order valence-corrected chi connectivity index (χ1v) is 11.6. The van der Waals surface area contributed by atoms with Gasteiger partial charge < -0.3 is 9.47 Å². The summed E-state index contributed by atoms with van der Waals surface area (Å²) in [4.78, 5) is 48.5. The van der Waals surface area contributed by atoms with Crippen LogP contribution in [0.15, 0.2) is 60.5 Å². The van der Waals surface area contributed by atoms with E-state index in [1.165, 1.54) is 15.3 Å². The van der Waals surface area contributed by atoms with E-state index < -0.39 is 5.41 Å². The Bertz CT molecular complexity index is 1140. The van der Waals surface area contributed by atoms with Gasteiger partial charge in [0.1, 0.15) is 0 Å². The second kappa shape index (κ2) is 8.35. The molecule has 0 radical (unpaired) electrons. The van der Waals surface area contributed by atoms with Crippen molar-refractivity contribution in [2.75, 3.05) is 13.1 Å². The van der Waals surface area contributed by atoms with Gasteiger partial charge in [0.25, 0.3) is 0 Å². The van der Waals surface area contributed by atoms with E-state index in [1.807, 2.05) is 39.8 Å². The Morgan fingerprint density at radius 1 is 1.12 bits per heavy atom. The van der Waals surface area contributed by atoms with Gasteiger partial charge in [-0.3, -0.25) is 19.3 Å². The Morgan fingerprint density at radius 2 is 1.97 bits per heavy atom. The van der Waals surface area contributed by atoms with Crippen LogP contribution in [-0.2, 0) is 39.3 Å². The molecule has 0 aliphatic carbocycles. The molecule has 2 aliphatic rings. The number of hydrogen-bond acceptors (Lipinski definition) is 5. The van der Waals surface area contributed by atoms with Crippen molar-refractivity contribution >= 4 is 29.1 Å². The normalized spacial score (nSPS) is 20.6. The van der Waals surface area contributed by atoms with Crippen LogP contribution in [0, 0.1) is 0 Å². The number of aromatic nitrogens is 2. The summed E-state index contributed by atoms with van der Waals surface area (Å²) in [5.41, 5.74) is 0.753. The summed E-state index contributed by atoms with van der Waals surface area (Å²) < 4.78 is 1.83. The Balaban J connectivity index is 1.40. The van der Waals surface area contributed by atoms with Gasteiger partial charge in [-0.15, -0.1) is 11.3 Å². The highest BCUT2D eigenvalue weighted by atomic mass is 32.1. The lowest BCUT2D eigenvalue weighted by Crippen LogP contribution is -2.45. The highest BCUT2D eigenvalue weighted by molar-refractivity contribution is 7.10. The molecule has 1 unspecified atom stereocenters. The van der Waals surface area contributed by atoms with E-state index in [0.29, 0.717) is 19.6 Å². The van der Waals surface area contributed by atoms with Crippen molar-refractivity contribution in [3.8, 4) is 0 Å². The molecule has 1 atom stereocenters. The van der Waals surface area contributed by atoms with Crippen LogP contribution in [0.4, 0.5) is 0 Å². The summed E-state index contributed by atoms with van der Waals surface area (Å²) in [6.07, 6.45) is 5.98. The number of fused-ring (bicyclic) bond motifs is 1. The van der Waals surface area contributed by atoms with E-state index in [0.717, 1.165) is 12.0 Å². The molecule has 164 valence electrons. The number of carbonyl (C=O) groups is 3. The van der Waals surface area contributed by atoms with Crippen LogP contribution in [-0.4, -0.2) is 50.2 Å². The number of carbonyl (C=O) groups excluding carboxylic acids is 3. The second-order valence-corrected chi connectivity index (χ2v) is 9.39. The minimum atomic E-state index is -1.15. The van der Waals surface area contributed by atoms with Gasteiger partial charge in [0.15, 0.2) is 0 Å². The van der Waals surface area contributed by atoms with Gasteiger partial charge in [0, 0.05) is 56.3 Å². The number of amides is 3. The van der Waals surface area contributed by atoms with Crippen LogP contribution < -0.4 is 0 Å². The van der Waals surface area contributed by atoms with Gasteiger partial charge in [-0.05, 0) is 29.0 Å². The highest BCUT2D eigenvalue weighted by Gasteiger charge is 2.54. The van der Waals surface area contributed by atoms with Gasteiger partial charge in [0.2, 0.25) is 17.7 Å². The Kier molecular flexibility index (Phi) is 5.38. The lowest BCUT2D eigenvalue weighted by molar-refractivity contribution is -0.143. The van der Waals surface area contributed by atoms with Crippen LogP contribution in [0.5, 0.6) is 0 Å². The third-order valence-corrected chi connectivity index (χ3v) is 7.51. The predicted octanol–water partition coefficient (Wildman–Crippen LogP) is 2.62. The molecule has 32 heavy (non-hydrogen) atoms. The SMILES string of the molecule is O=C(CC1(c2ccccc2)CC(=O)N(CCn2ccnc2)C1=O)N1CCc2sccc2C1. The summed E-state index contributed by atoms with van der Waals surface area (Å²) in [7, 11) is 0. The number of rotatable bonds is 6. The fraction of sp³-hybridized carbons (Fsp3) is 0.333. The van der Waals surface area contributed by atoms with Crippen molar-refractivity contribution < 1.29 is 14.4 Å². The summed E-state index contributed by atoms with van der Waals surface area (Å²) in [6, 6.07) is 11.3. The molecule has 3 amide bonds. The minimum Gasteiger partial charge on any atom is -0.338 e. The first-order valence-electron chi connectivity index (χ1n) is 10.8. The third-order valence-electron chi connectivity index (χ3n) is 6.49. The highest BCUT2D eigenvalue weighted by Crippen LogP contribution is 2.40. The standard InChI is InChI=1S/C24H24N4O3S/c29-21(27-9-6-20-18(16-27)7-13-32-20)14-24(19-4-2-1-3-5-19)15-22(30)28(23(24)31)12-11-26-10-8-25-17-26/h1-5,7-8,10,13,17H,6,9,11-12,14-16H2. The minimum absolute atomic E-state index is 0.00261. The molecule has 4 heterocycles. The number of hydrogen-bond donors (Lipinski definition) is 0. The van der Waals surface area contributed by atoms with E-state index >= 15 is 0 Å². The molecule has 1 fully saturated rings. The number of imide groups is 1. The number of benzene rings is 1. The van der Waals surface area contributed by atoms with Gasteiger partial charge in [-0.2, -0.15) is 0 Å². The lowest BCUT2D eigenvalue weighted by Gasteiger charge is -2.32. The molecule has 8 heteroatoms. The molecule has 0 bridgehead atoms. The van der Waals surface area contributed by atoms with Crippen molar-refractivity contribution in [3.05, 3.63) is 76.5 Å². The van der Waals surface area contributed by atoms with Crippen LogP contribution in [0.1, 0.15) is 28.8 Å². The molecule has 5 rings (SSSR count). The van der Waals surface area contributed by atoms with Crippen molar-refractivity contribution in [2.24, 2.45) is 0 Å². The van der Waals surface area contributed by atoms with Gasteiger partial charge in [-0.25, -0.2) is 4.98 Å². The van der Waals surface area contributed by atoms with Crippen molar-refractivity contribution in [2.45, 2.75) is 37.8 Å². The van der Waals surface area contributed by atoms with Crippen LogP contribution in [0.3, 0.4) is 0 Å². The Labute approximate surface area is 190 Å². The fourth-order valence-electron chi connectivity index (χ4n) is 4.72. The summed E-state index contributed by atoms with van der Waals surface area (Å²) in [5, 5.41) is 2.06. The average Bonchev–Trinajstić information content (AvgIpc) is 3.54. The van der Waals surface area contributed by atoms with Gasteiger partial charge in [0.05, 0.1) is 11.7 Å². The topological polar surface area (TPSA) is 75.5 Å². The largest absolute Gasteiger partial charge is 0.338 e. The molecule has 1 saturated heterocycles. The van der Waals surface area contributed by atoms with Gasteiger partial charge in [-0.1, -0.05) is 30.3 Å². The molecule has 0 spiro atoms. The molecule has 0 N–H and O–H groups in total. The van der Waals surface area contributed by atoms with E-state index in [9.17, 15) is 14.4 Å². The summed E-state index contributed by atoms with van der Waals surface area (Å²) in [5.74, 6) is -0.593. The first-order chi connectivity index (χ1) is 15.6. The Morgan fingerprint density at radius 3 is 2.75 bits per heavy atom. The maximum Gasteiger partial charge on any atom is 0.240 e. The predicted molar refractivity (Wildman–Crippen MR) is 120 cm³/mol. The zero-order valence-electron chi connectivity index (χ0n) is 17.6. The summed E-state index contributed by atoms with van der Waals surface area (Å²) in [6.45, 7) is 1.95. The number of likely N-dealkylation sites (tertiary alicyclic amines) is 1. The Hall–Kier alpha value is -3.26. The number of nitrogens with zero attached hydrogens (tertiary/aromatic N) is 4. The molecular weight excluding hydrogens is 424 g/mol. The molecule has 2 aromatic heterocycles. The van der Waals surface area contributed by atoms with Crippen LogP contribution in [0.2, 0.25) is 0 Å². The van der Waals surface area contributed by atoms with Crippen LogP contribution in [0.25, 0.3) is 0 Å². The quantitative estimate of drug-likeness (QED) is 0.544. The third kappa shape index (κ3) is 3.64. The number of imidazole rings is 1. The zero-order valence-corrected chi connectivity index (χ0v) is 18.5. The molecule has 0 saturated carbocycles. The maximum absolute atomic E-state index is 13.7. The molecule has 3 aromatic rings. The van der Waals surface area contributed by atoms with Crippen molar-refractivity contribution in [1.29, 1.82) is 0 Å². The van der Waals surface area contributed by atoms with Crippen molar-refractivity contribution in [3.63, 3.8) is 0 Å². The maximum atomic E-state index is 13.7. The monoisotopic (exact) mass is 448 g/mol. The fourth-order valence-corrected chi connectivity index (χ4v) is 5.61. The van der Waals surface area contributed by atoms with E-state index in [4.69, 9.17) is 0 Å². The van der Waals surface area contributed by atoms with E-state index in [1.54, 1.807) is 30.1 Å². The van der Waals surface area contributed by atoms with Crippen molar-refractivity contribution in [1.82, 2.24) is 19.4 Å². The van der Waals surface area contributed by atoms with Crippen LogP contribution >= 0.6 is 11.3 Å². The van der Waals surface area contributed by atoms with E-state index in [2.05, 4.69) is 16.4 Å².